The van der Waals surface area contributed by atoms with E-state index in [1.165, 1.54) is 6.42 Å². The Kier molecular flexibility index (Phi) is 7.98. The zero-order chi connectivity index (χ0) is 12.6. The van der Waals surface area contributed by atoms with Crippen LogP contribution >= 0.6 is 0 Å². The van der Waals surface area contributed by atoms with Crippen molar-refractivity contribution in [3.05, 3.63) is 0 Å². The third-order valence-corrected chi connectivity index (χ3v) is 3.44. The molecule has 0 fully saturated rings. The molecule has 0 aromatic carbocycles. The van der Waals surface area contributed by atoms with Crippen LogP contribution in [-0.4, -0.2) is 50.3 Å². The van der Waals surface area contributed by atoms with E-state index in [0.717, 1.165) is 26.1 Å². The molecule has 0 spiro atoms. The molecule has 0 aliphatic rings. The van der Waals surface area contributed by atoms with Crippen molar-refractivity contribution in [2.75, 3.05) is 33.9 Å². The van der Waals surface area contributed by atoms with Gasteiger partial charge in [-0.25, -0.2) is 0 Å². The molecule has 0 aliphatic heterocycles. The fraction of sp³-hybridized carbons (Fsp3) is 1.00. The third-order valence-electron chi connectivity index (χ3n) is 3.44. The van der Waals surface area contributed by atoms with Crippen molar-refractivity contribution in [3.8, 4) is 0 Å². The number of methoxy groups -OCH3 is 1. The van der Waals surface area contributed by atoms with Crippen LogP contribution in [0.1, 0.15) is 40.5 Å². The number of nitrogens with one attached hydrogen (secondary N) is 1. The second kappa shape index (κ2) is 8.04. The molecule has 0 saturated carbocycles. The van der Waals surface area contributed by atoms with Gasteiger partial charge in [-0.2, -0.15) is 0 Å². The van der Waals surface area contributed by atoms with Gasteiger partial charge in [0.05, 0.1) is 6.61 Å². The fourth-order valence-electron chi connectivity index (χ4n) is 1.57. The smallest absolute Gasteiger partial charge is 0.0628 e. The quantitative estimate of drug-likeness (QED) is 0.656. The summed E-state index contributed by atoms with van der Waals surface area (Å²) in [5.41, 5.74) is 0.264. The van der Waals surface area contributed by atoms with Crippen LogP contribution in [0, 0.1) is 0 Å². The molecule has 1 atom stereocenters. The molecule has 98 valence electrons. The van der Waals surface area contributed by atoms with Gasteiger partial charge in [0.1, 0.15) is 0 Å². The van der Waals surface area contributed by atoms with Crippen molar-refractivity contribution in [2.45, 2.75) is 52.1 Å². The van der Waals surface area contributed by atoms with E-state index in [-0.39, 0.29) is 5.54 Å². The predicted molar refractivity (Wildman–Crippen MR) is 71.0 cm³/mol. The van der Waals surface area contributed by atoms with Crippen molar-refractivity contribution in [1.82, 2.24) is 10.2 Å². The first-order valence-corrected chi connectivity index (χ1v) is 6.41. The van der Waals surface area contributed by atoms with Gasteiger partial charge in [0.2, 0.25) is 0 Å². The first-order valence-electron chi connectivity index (χ1n) is 6.41. The highest BCUT2D eigenvalue weighted by Gasteiger charge is 2.23. The van der Waals surface area contributed by atoms with Crippen molar-refractivity contribution in [2.24, 2.45) is 0 Å². The molecule has 0 amide bonds. The molecular formula is C13H30N2O. The molecule has 0 radical (unpaired) electrons. The Morgan fingerprint density at radius 1 is 1.31 bits per heavy atom. The topological polar surface area (TPSA) is 24.5 Å². The van der Waals surface area contributed by atoms with Crippen molar-refractivity contribution < 1.29 is 4.74 Å². The molecule has 1 unspecified atom stereocenters. The van der Waals surface area contributed by atoms with E-state index in [9.17, 15) is 0 Å². The van der Waals surface area contributed by atoms with Gasteiger partial charge >= 0.3 is 0 Å². The van der Waals surface area contributed by atoms with E-state index in [1.807, 2.05) is 0 Å². The summed E-state index contributed by atoms with van der Waals surface area (Å²) < 4.78 is 5.26. The lowest BCUT2D eigenvalue weighted by Crippen LogP contribution is -2.49. The minimum atomic E-state index is 0.264. The Balaban J connectivity index is 4.15. The number of rotatable bonds is 9. The van der Waals surface area contributed by atoms with Gasteiger partial charge in [0, 0.05) is 25.2 Å². The van der Waals surface area contributed by atoms with Crippen LogP contribution in [0.25, 0.3) is 0 Å². The summed E-state index contributed by atoms with van der Waals surface area (Å²) in [6.07, 6.45) is 2.33. The Morgan fingerprint density at radius 3 is 2.38 bits per heavy atom. The molecule has 16 heavy (non-hydrogen) atoms. The van der Waals surface area contributed by atoms with Gasteiger partial charge in [-0.05, 0) is 40.3 Å². The lowest BCUT2D eigenvalue weighted by molar-refractivity contribution is 0.0991. The monoisotopic (exact) mass is 230 g/mol. The first kappa shape index (κ1) is 15.9. The molecule has 3 nitrogen and oxygen atoms in total. The zero-order valence-corrected chi connectivity index (χ0v) is 12.0. The van der Waals surface area contributed by atoms with E-state index >= 15 is 0 Å². The maximum Gasteiger partial charge on any atom is 0.0628 e. The summed E-state index contributed by atoms with van der Waals surface area (Å²) in [6.45, 7) is 11.9. The average molecular weight is 230 g/mol. The Morgan fingerprint density at radius 2 is 1.94 bits per heavy atom. The van der Waals surface area contributed by atoms with Crippen LogP contribution < -0.4 is 5.32 Å². The highest BCUT2D eigenvalue weighted by Crippen LogP contribution is 2.16. The summed E-state index contributed by atoms with van der Waals surface area (Å²) >= 11 is 0. The van der Waals surface area contributed by atoms with Crippen LogP contribution in [0.5, 0.6) is 0 Å². The molecule has 0 aromatic rings. The number of nitrogens with zero attached hydrogens (tertiary/aromatic N) is 1. The molecule has 1 N–H and O–H groups in total. The Hall–Kier alpha value is -0.120. The highest BCUT2D eigenvalue weighted by atomic mass is 16.5. The standard InChI is InChI=1S/C13H30N2O/c1-7-9-14-12(11-16-6)10-15(5)13(3,4)8-2/h12,14H,7-11H2,1-6H3. The summed E-state index contributed by atoms with van der Waals surface area (Å²) in [4.78, 5) is 2.42. The van der Waals surface area contributed by atoms with Gasteiger partial charge in [0.15, 0.2) is 0 Å². The predicted octanol–water partition coefficient (Wildman–Crippen LogP) is 2.12. The van der Waals surface area contributed by atoms with Crippen LogP contribution in [0.3, 0.4) is 0 Å². The largest absolute Gasteiger partial charge is 0.383 e. The van der Waals surface area contributed by atoms with Gasteiger partial charge in [0.25, 0.3) is 0 Å². The third kappa shape index (κ3) is 5.83. The number of likely N-dealkylation sites (N-methyl/N-ethyl adjacent to an activating group) is 1. The highest BCUT2D eigenvalue weighted by molar-refractivity contribution is 4.81. The van der Waals surface area contributed by atoms with Crippen molar-refractivity contribution >= 4 is 0 Å². The number of ether oxygens (including phenoxy) is 1. The van der Waals surface area contributed by atoms with Crippen molar-refractivity contribution in [3.63, 3.8) is 0 Å². The average Bonchev–Trinajstić information content (AvgIpc) is 2.26. The summed E-state index contributed by atoms with van der Waals surface area (Å²) in [7, 11) is 3.96. The molecule has 0 heterocycles. The summed E-state index contributed by atoms with van der Waals surface area (Å²) in [5.74, 6) is 0. The Bertz CT molecular complexity index is 171. The van der Waals surface area contributed by atoms with E-state index < -0.39 is 0 Å². The fourth-order valence-corrected chi connectivity index (χ4v) is 1.57. The van der Waals surface area contributed by atoms with Gasteiger partial charge < -0.3 is 10.1 Å². The van der Waals surface area contributed by atoms with Crippen LogP contribution in [0.2, 0.25) is 0 Å². The van der Waals surface area contributed by atoms with E-state index in [1.54, 1.807) is 7.11 Å². The maximum absolute atomic E-state index is 5.26. The SMILES string of the molecule is CCCNC(COC)CN(C)C(C)(C)CC. The molecule has 0 bridgehead atoms. The normalized spacial score (nSPS) is 14.4. The summed E-state index contributed by atoms with van der Waals surface area (Å²) in [5, 5.41) is 3.53. The van der Waals surface area contributed by atoms with Gasteiger partial charge in [-0.1, -0.05) is 13.8 Å². The second-order valence-corrected chi connectivity index (χ2v) is 5.15. The van der Waals surface area contributed by atoms with E-state index in [4.69, 9.17) is 4.74 Å². The van der Waals surface area contributed by atoms with Crippen LogP contribution in [0.15, 0.2) is 0 Å². The summed E-state index contributed by atoms with van der Waals surface area (Å²) in [6, 6.07) is 0.431. The second-order valence-electron chi connectivity index (χ2n) is 5.15. The minimum Gasteiger partial charge on any atom is -0.383 e. The van der Waals surface area contributed by atoms with Crippen LogP contribution in [0.4, 0.5) is 0 Å². The minimum absolute atomic E-state index is 0.264. The van der Waals surface area contributed by atoms with Crippen LogP contribution in [-0.2, 0) is 4.74 Å². The number of hydrogen-bond acceptors (Lipinski definition) is 3. The van der Waals surface area contributed by atoms with E-state index in [0.29, 0.717) is 6.04 Å². The van der Waals surface area contributed by atoms with E-state index in [2.05, 4.69) is 45.0 Å². The molecule has 3 heteroatoms. The van der Waals surface area contributed by atoms with Crippen molar-refractivity contribution in [1.29, 1.82) is 0 Å². The maximum atomic E-state index is 5.26. The first-order chi connectivity index (χ1) is 7.47. The lowest BCUT2D eigenvalue weighted by Gasteiger charge is -2.37. The molecule has 0 aromatic heterocycles. The lowest BCUT2D eigenvalue weighted by atomic mass is 9.99. The molecular weight excluding hydrogens is 200 g/mol. The molecule has 0 saturated heterocycles. The van der Waals surface area contributed by atoms with Gasteiger partial charge in [-0.15, -0.1) is 0 Å². The molecule has 0 rings (SSSR count). The molecule has 0 aliphatic carbocycles. The van der Waals surface area contributed by atoms with Gasteiger partial charge in [-0.3, -0.25) is 4.90 Å². The zero-order valence-electron chi connectivity index (χ0n) is 12.0. The number of hydrogen-bond donors (Lipinski definition) is 1. The Labute approximate surface area is 102 Å².